The number of nitrogens with zero attached hydrogens (tertiary/aromatic N) is 1. The van der Waals surface area contributed by atoms with E-state index in [2.05, 4.69) is 19.2 Å². The van der Waals surface area contributed by atoms with Crippen molar-refractivity contribution in [3.63, 3.8) is 0 Å². The summed E-state index contributed by atoms with van der Waals surface area (Å²) >= 11 is 0. The van der Waals surface area contributed by atoms with Gasteiger partial charge in [0, 0.05) is 36.3 Å². The Bertz CT molecular complexity index is 768. The summed E-state index contributed by atoms with van der Waals surface area (Å²) in [5.74, 6) is 0.489. The van der Waals surface area contributed by atoms with Crippen LogP contribution in [0, 0.1) is 0 Å². The topological polar surface area (TPSA) is 58.6 Å². The van der Waals surface area contributed by atoms with Crippen LogP contribution in [-0.4, -0.2) is 36.9 Å². The molecule has 5 heteroatoms. The molecule has 2 aromatic rings. The lowest BCUT2D eigenvalue weighted by Crippen LogP contribution is -2.32. The van der Waals surface area contributed by atoms with E-state index in [-0.39, 0.29) is 11.8 Å². The maximum atomic E-state index is 12.7. The van der Waals surface area contributed by atoms with Crippen LogP contribution in [0.1, 0.15) is 53.0 Å². The summed E-state index contributed by atoms with van der Waals surface area (Å²) < 4.78 is 5.30. The zero-order valence-electron chi connectivity index (χ0n) is 16.3. The second-order valence-electron chi connectivity index (χ2n) is 6.37. The van der Waals surface area contributed by atoms with Crippen LogP contribution in [0.25, 0.3) is 0 Å². The van der Waals surface area contributed by atoms with Gasteiger partial charge in [-0.25, -0.2) is 0 Å². The molecule has 27 heavy (non-hydrogen) atoms. The monoisotopic (exact) mass is 368 g/mol. The molecule has 0 atom stereocenters. The average Bonchev–Trinajstić information content (AvgIpc) is 2.71. The molecule has 0 radical (unpaired) electrons. The second kappa shape index (κ2) is 10.4. The standard InChI is InChI=1S/C22H28N2O3/c1-4-13-24(14-5-2)22(26)18-11-8-10-17(15-18)21(25)23-16-19-9-6-7-12-20(19)27-3/h6-12,15H,4-5,13-14,16H2,1-3H3,(H,23,25). The van der Waals surface area contributed by atoms with E-state index in [4.69, 9.17) is 4.74 Å². The van der Waals surface area contributed by atoms with Crippen molar-refractivity contribution in [2.24, 2.45) is 0 Å². The molecule has 0 fully saturated rings. The molecule has 0 aromatic heterocycles. The van der Waals surface area contributed by atoms with Gasteiger partial charge in [-0.2, -0.15) is 0 Å². The summed E-state index contributed by atoms with van der Waals surface area (Å²) in [6, 6.07) is 14.5. The summed E-state index contributed by atoms with van der Waals surface area (Å²) in [5, 5.41) is 2.89. The Hall–Kier alpha value is -2.82. The number of ether oxygens (including phenoxy) is 1. The van der Waals surface area contributed by atoms with Crippen LogP contribution in [0.5, 0.6) is 5.75 Å². The first-order valence-electron chi connectivity index (χ1n) is 9.40. The maximum Gasteiger partial charge on any atom is 0.253 e. The average molecular weight is 368 g/mol. The van der Waals surface area contributed by atoms with Crippen molar-refractivity contribution in [3.05, 3.63) is 65.2 Å². The molecule has 2 rings (SSSR count). The van der Waals surface area contributed by atoms with Gasteiger partial charge in [-0.15, -0.1) is 0 Å². The Balaban J connectivity index is 2.09. The third-order valence-corrected chi connectivity index (χ3v) is 4.28. The van der Waals surface area contributed by atoms with Crippen molar-refractivity contribution in [3.8, 4) is 5.75 Å². The van der Waals surface area contributed by atoms with Crippen LogP contribution >= 0.6 is 0 Å². The lowest BCUT2D eigenvalue weighted by molar-refractivity contribution is 0.0755. The molecule has 0 spiro atoms. The molecule has 0 bridgehead atoms. The molecule has 0 aliphatic rings. The zero-order chi connectivity index (χ0) is 19.6. The number of para-hydroxylation sites is 1. The van der Waals surface area contributed by atoms with E-state index in [9.17, 15) is 9.59 Å². The summed E-state index contributed by atoms with van der Waals surface area (Å²) in [5.41, 5.74) is 1.92. The van der Waals surface area contributed by atoms with E-state index in [1.54, 1.807) is 31.4 Å². The fraction of sp³-hybridized carbons (Fsp3) is 0.364. The van der Waals surface area contributed by atoms with Crippen LogP contribution in [0.3, 0.4) is 0 Å². The SMILES string of the molecule is CCCN(CCC)C(=O)c1cccc(C(=O)NCc2ccccc2OC)c1. The van der Waals surface area contributed by atoms with E-state index in [1.807, 2.05) is 29.2 Å². The molecule has 0 aliphatic heterocycles. The number of amides is 2. The predicted molar refractivity (Wildman–Crippen MR) is 107 cm³/mol. The quantitative estimate of drug-likeness (QED) is 0.730. The highest BCUT2D eigenvalue weighted by Gasteiger charge is 2.16. The molecular formula is C22H28N2O3. The minimum atomic E-state index is -0.215. The number of hydrogen-bond donors (Lipinski definition) is 1. The van der Waals surface area contributed by atoms with Gasteiger partial charge in [0.2, 0.25) is 0 Å². The fourth-order valence-electron chi connectivity index (χ4n) is 2.96. The van der Waals surface area contributed by atoms with Gasteiger partial charge in [-0.3, -0.25) is 9.59 Å². The molecule has 0 aliphatic carbocycles. The number of rotatable bonds is 9. The predicted octanol–water partition coefficient (Wildman–Crippen LogP) is 3.89. The molecule has 144 valence electrons. The van der Waals surface area contributed by atoms with Crippen molar-refractivity contribution in [2.75, 3.05) is 20.2 Å². The molecule has 5 nitrogen and oxygen atoms in total. The van der Waals surface area contributed by atoms with Gasteiger partial charge in [-0.1, -0.05) is 38.1 Å². The number of carbonyl (C=O) groups is 2. The third-order valence-electron chi connectivity index (χ3n) is 4.28. The van der Waals surface area contributed by atoms with E-state index in [1.165, 1.54) is 0 Å². The molecule has 0 heterocycles. The molecular weight excluding hydrogens is 340 g/mol. The smallest absolute Gasteiger partial charge is 0.253 e. The van der Waals surface area contributed by atoms with E-state index in [0.29, 0.717) is 17.7 Å². The number of benzene rings is 2. The number of methoxy groups -OCH3 is 1. The first-order chi connectivity index (χ1) is 13.1. The largest absolute Gasteiger partial charge is 0.496 e. The van der Waals surface area contributed by atoms with Gasteiger partial charge in [0.1, 0.15) is 5.75 Å². The van der Waals surface area contributed by atoms with Crippen molar-refractivity contribution >= 4 is 11.8 Å². The van der Waals surface area contributed by atoms with Gasteiger partial charge in [0.15, 0.2) is 0 Å². The Morgan fingerprint density at radius 3 is 2.30 bits per heavy atom. The van der Waals surface area contributed by atoms with E-state index in [0.717, 1.165) is 37.2 Å². The van der Waals surface area contributed by atoms with Crippen LogP contribution in [0.2, 0.25) is 0 Å². The number of carbonyl (C=O) groups excluding carboxylic acids is 2. The first kappa shape index (κ1) is 20.5. The molecule has 0 saturated heterocycles. The Morgan fingerprint density at radius 1 is 0.963 bits per heavy atom. The minimum absolute atomic E-state index is 0.0296. The summed E-state index contributed by atoms with van der Waals surface area (Å²) in [6.45, 7) is 5.90. The van der Waals surface area contributed by atoms with Crippen molar-refractivity contribution in [2.45, 2.75) is 33.2 Å². The van der Waals surface area contributed by atoms with E-state index < -0.39 is 0 Å². The Kier molecular flexibility index (Phi) is 7.86. The van der Waals surface area contributed by atoms with Crippen LogP contribution in [-0.2, 0) is 6.54 Å². The van der Waals surface area contributed by atoms with Crippen molar-refractivity contribution in [1.29, 1.82) is 0 Å². The van der Waals surface area contributed by atoms with Crippen LogP contribution in [0.4, 0.5) is 0 Å². The highest BCUT2D eigenvalue weighted by molar-refractivity contribution is 5.99. The normalized spacial score (nSPS) is 10.3. The lowest BCUT2D eigenvalue weighted by atomic mass is 10.1. The lowest BCUT2D eigenvalue weighted by Gasteiger charge is -2.21. The zero-order valence-corrected chi connectivity index (χ0v) is 16.3. The van der Waals surface area contributed by atoms with Gasteiger partial charge in [0.05, 0.1) is 7.11 Å². The van der Waals surface area contributed by atoms with E-state index >= 15 is 0 Å². The number of hydrogen-bond acceptors (Lipinski definition) is 3. The van der Waals surface area contributed by atoms with Gasteiger partial charge < -0.3 is 15.0 Å². The minimum Gasteiger partial charge on any atom is -0.496 e. The molecule has 0 saturated carbocycles. The molecule has 2 aromatic carbocycles. The first-order valence-corrected chi connectivity index (χ1v) is 9.40. The van der Waals surface area contributed by atoms with Gasteiger partial charge in [-0.05, 0) is 37.1 Å². The number of nitrogens with one attached hydrogen (secondary N) is 1. The molecule has 0 unspecified atom stereocenters. The van der Waals surface area contributed by atoms with Gasteiger partial charge in [0.25, 0.3) is 11.8 Å². The van der Waals surface area contributed by atoms with Crippen molar-refractivity contribution in [1.82, 2.24) is 10.2 Å². The van der Waals surface area contributed by atoms with Crippen LogP contribution in [0.15, 0.2) is 48.5 Å². The highest BCUT2D eigenvalue weighted by Crippen LogP contribution is 2.17. The van der Waals surface area contributed by atoms with Crippen LogP contribution < -0.4 is 10.1 Å². The summed E-state index contributed by atoms with van der Waals surface area (Å²) in [6.07, 6.45) is 1.82. The van der Waals surface area contributed by atoms with Crippen molar-refractivity contribution < 1.29 is 14.3 Å². The maximum absolute atomic E-state index is 12.7. The third kappa shape index (κ3) is 5.58. The Labute approximate surface area is 161 Å². The molecule has 1 N–H and O–H groups in total. The Morgan fingerprint density at radius 2 is 1.63 bits per heavy atom. The van der Waals surface area contributed by atoms with Gasteiger partial charge >= 0.3 is 0 Å². The summed E-state index contributed by atoms with van der Waals surface area (Å²) in [7, 11) is 1.61. The highest BCUT2D eigenvalue weighted by atomic mass is 16.5. The fourth-order valence-corrected chi connectivity index (χ4v) is 2.96. The second-order valence-corrected chi connectivity index (χ2v) is 6.37. The summed E-state index contributed by atoms with van der Waals surface area (Å²) in [4.78, 5) is 27.1. The molecule has 2 amide bonds.